The molecule has 10 heteroatoms. The molecular weight excluding hydrogens is 474 g/mol. The molecule has 0 atom stereocenters. The first-order valence-corrected chi connectivity index (χ1v) is 14.6. The van der Waals surface area contributed by atoms with Crippen molar-refractivity contribution in [1.82, 2.24) is 14.1 Å². The highest BCUT2D eigenvalue weighted by Crippen LogP contribution is 2.27. The van der Waals surface area contributed by atoms with E-state index >= 15 is 0 Å². The molecule has 4 rings (SSSR count). The summed E-state index contributed by atoms with van der Waals surface area (Å²) < 4.78 is 59.8. The largest absolute Gasteiger partial charge is 0.379 e. The zero-order valence-electron chi connectivity index (χ0n) is 19.6. The van der Waals surface area contributed by atoms with Crippen LogP contribution < -0.4 is 0 Å². The predicted molar refractivity (Wildman–Crippen MR) is 130 cm³/mol. The fraction of sp³-hybridized carbons (Fsp3) is 0.500. The Kier molecular flexibility index (Phi) is 8.06. The molecule has 0 aromatic heterocycles. The van der Waals surface area contributed by atoms with Crippen LogP contribution in [0, 0.1) is 6.92 Å². The Bertz CT molecular complexity index is 1170. The van der Waals surface area contributed by atoms with Crippen molar-refractivity contribution in [3.8, 4) is 0 Å². The van der Waals surface area contributed by atoms with Crippen molar-refractivity contribution < 1.29 is 21.6 Å². The van der Waals surface area contributed by atoms with Gasteiger partial charge >= 0.3 is 0 Å². The van der Waals surface area contributed by atoms with E-state index in [2.05, 4.69) is 9.80 Å². The lowest BCUT2D eigenvalue weighted by atomic mass is 10.2. The van der Waals surface area contributed by atoms with Gasteiger partial charge < -0.3 is 9.64 Å². The molecule has 2 aliphatic heterocycles. The molecule has 2 aliphatic rings. The standard InChI is InChI=1S/C24H33N3O5S2/c1-21-8-9-23(33(28,29)22-6-3-2-4-7-22)20-24(21)34(30,31)27-14-12-25(13-15-27)10-5-11-26-16-18-32-19-17-26/h2-4,6-9,20H,5,10-19H2,1H3. The summed E-state index contributed by atoms with van der Waals surface area (Å²) in [5.74, 6) is 0. The van der Waals surface area contributed by atoms with E-state index in [-0.39, 0.29) is 14.7 Å². The van der Waals surface area contributed by atoms with Crippen LogP contribution in [0.5, 0.6) is 0 Å². The van der Waals surface area contributed by atoms with Gasteiger partial charge in [0.15, 0.2) is 0 Å². The van der Waals surface area contributed by atoms with E-state index in [4.69, 9.17) is 4.74 Å². The van der Waals surface area contributed by atoms with Crippen LogP contribution in [0.1, 0.15) is 12.0 Å². The molecule has 2 saturated heterocycles. The highest BCUT2D eigenvalue weighted by atomic mass is 32.2. The number of rotatable bonds is 8. The number of hydrogen-bond acceptors (Lipinski definition) is 7. The second-order valence-electron chi connectivity index (χ2n) is 8.80. The average Bonchev–Trinajstić information content (AvgIpc) is 2.85. The Morgan fingerprint density at radius 2 is 1.38 bits per heavy atom. The number of hydrogen-bond donors (Lipinski definition) is 0. The van der Waals surface area contributed by atoms with Crippen molar-refractivity contribution in [3.63, 3.8) is 0 Å². The van der Waals surface area contributed by atoms with Crippen molar-refractivity contribution in [1.29, 1.82) is 0 Å². The molecule has 0 spiro atoms. The van der Waals surface area contributed by atoms with E-state index in [0.29, 0.717) is 31.7 Å². The van der Waals surface area contributed by atoms with Crippen LogP contribution >= 0.6 is 0 Å². The van der Waals surface area contributed by atoms with E-state index in [0.717, 1.165) is 45.8 Å². The zero-order valence-corrected chi connectivity index (χ0v) is 21.2. The maximum absolute atomic E-state index is 13.4. The molecule has 0 unspecified atom stereocenters. The summed E-state index contributed by atoms with van der Waals surface area (Å²) in [5.41, 5.74) is 0.542. The number of benzene rings is 2. The molecule has 0 radical (unpaired) electrons. The van der Waals surface area contributed by atoms with E-state index < -0.39 is 19.9 Å². The average molecular weight is 508 g/mol. The third-order valence-electron chi connectivity index (χ3n) is 6.52. The Morgan fingerprint density at radius 3 is 2.03 bits per heavy atom. The fourth-order valence-electron chi connectivity index (χ4n) is 4.44. The number of sulfone groups is 1. The van der Waals surface area contributed by atoms with Crippen LogP contribution in [0.4, 0.5) is 0 Å². The third-order valence-corrected chi connectivity index (χ3v) is 10.3. The molecule has 2 aromatic rings. The first-order valence-electron chi connectivity index (χ1n) is 11.7. The van der Waals surface area contributed by atoms with Crippen molar-refractivity contribution in [2.45, 2.75) is 28.0 Å². The molecule has 0 aliphatic carbocycles. The molecule has 2 fully saturated rings. The maximum Gasteiger partial charge on any atom is 0.243 e. The first-order chi connectivity index (χ1) is 16.3. The van der Waals surface area contributed by atoms with E-state index in [1.165, 1.54) is 28.6 Å². The SMILES string of the molecule is Cc1ccc(S(=O)(=O)c2ccccc2)cc1S(=O)(=O)N1CCN(CCCN2CCOCC2)CC1. The number of piperazine rings is 1. The highest BCUT2D eigenvalue weighted by Gasteiger charge is 2.31. The molecule has 0 saturated carbocycles. The summed E-state index contributed by atoms with van der Waals surface area (Å²) in [7, 11) is -7.60. The number of nitrogens with zero attached hydrogens (tertiary/aromatic N) is 3. The summed E-state index contributed by atoms with van der Waals surface area (Å²) in [6.45, 7) is 9.35. The lowest BCUT2D eigenvalue weighted by molar-refractivity contribution is 0.0356. The van der Waals surface area contributed by atoms with Gasteiger partial charge in [-0.3, -0.25) is 4.90 Å². The van der Waals surface area contributed by atoms with Gasteiger partial charge in [0.2, 0.25) is 19.9 Å². The van der Waals surface area contributed by atoms with Gasteiger partial charge in [-0.05, 0) is 56.3 Å². The minimum atomic E-state index is -3.80. The van der Waals surface area contributed by atoms with Crippen LogP contribution in [0.3, 0.4) is 0 Å². The molecule has 34 heavy (non-hydrogen) atoms. The quantitative estimate of drug-likeness (QED) is 0.539. The predicted octanol–water partition coefficient (Wildman–Crippen LogP) is 1.86. The molecular formula is C24H33N3O5S2. The Hall–Kier alpha value is -1.82. The molecule has 8 nitrogen and oxygen atoms in total. The van der Waals surface area contributed by atoms with Gasteiger partial charge in [-0.25, -0.2) is 16.8 Å². The minimum Gasteiger partial charge on any atom is -0.379 e. The Labute approximate surface area is 203 Å². The number of morpholine rings is 1. The molecule has 0 amide bonds. The molecule has 0 bridgehead atoms. The molecule has 2 heterocycles. The van der Waals surface area contributed by atoms with Gasteiger partial charge in [-0.2, -0.15) is 4.31 Å². The molecule has 186 valence electrons. The molecule has 2 aromatic carbocycles. The monoisotopic (exact) mass is 507 g/mol. The normalized spacial score (nSPS) is 19.3. The fourth-order valence-corrected chi connectivity index (χ4v) is 7.49. The van der Waals surface area contributed by atoms with Gasteiger partial charge in [0.25, 0.3) is 0 Å². The van der Waals surface area contributed by atoms with E-state index in [1.54, 1.807) is 31.2 Å². The van der Waals surface area contributed by atoms with Crippen molar-refractivity contribution in [2.75, 3.05) is 65.6 Å². The maximum atomic E-state index is 13.4. The number of aryl methyl sites for hydroxylation is 1. The smallest absolute Gasteiger partial charge is 0.243 e. The van der Waals surface area contributed by atoms with Crippen molar-refractivity contribution in [3.05, 3.63) is 54.1 Å². The van der Waals surface area contributed by atoms with Crippen molar-refractivity contribution in [2.24, 2.45) is 0 Å². The Balaban J connectivity index is 1.41. The zero-order chi connectivity index (χ0) is 24.2. The topological polar surface area (TPSA) is 87.2 Å². The lowest BCUT2D eigenvalue weighted by Gasteiger charge is -2.35. The van der Waals surface area contributed by atoms with Crippen LogP contribution in [0.25, 0.3) is 0 Å². The van der Waals surface area contributed by atoms with Crippen molar-refractivity contribution >= 4 is 19.9 Å². The Morgan fingerprint density at radius 1 is 0.765 bits per heavy atom. The van der Waals surface area contributed by atoms with Gasteiger partial charge in [-0.15, -0.1) is 0 Å². The molecule has 0 N–H and O–H groups in total. The van der Waals surface area contributed by atoms with E-state index in [1.807, 2.05) is 0 Å². The van der Waals surface area contributed by atoms with Crippen LogP contribution in [0.15, 0.2) is 63.2 Å². The summed E-state index contributed by atoms with van der Waals surface area (Å²) >= 11 is 0. The van der Waals surface area contributed by atoms with Gasteiger partial charge in [0, 0.05) is 39.3 Å². The summed E-state index contributed by atoms with van der Waals surface area (Å²) in [4.78, 5) is 4.90. The second kappa shape index (κ2) is 10.8. The first kappa shape index (κ1) is 25.3. The van der Waals surface area contributed by atoms with Gasteiger partial charge in [0.05, 0.1) is 27.9 Å². The van der Waals surface area contributed by atoms with Crippen LogP contribution in [0.2, 0.25) is 0 Å². The number of ether oxygens (including phenoxy) is 1. The van der Waals surface area contributed by atoms with Gasteiger partial charge in [-0.1, -0.05) is 24.3 Å². The van der Waals surface area contributed by atoms with Crippen LogP contribution in [-0.2, 0) is 24.6 Å². The lowest BCUT2D eigenvalue weighted by Crippen LogP contribution is -2.49. The summed E-state index contributed by atoms with van der Waals surface area (Å²) in [5, 5.41) is 0. The second-order valence-corrected chi connectivity index (χ2v) is 12.7. The summed E-state index contributed by atoms with van der Waals surface area (Å²) in [6, 6.07) is 12.4. The highest BCUT2D eigenvalue weighted by molar-refractivity contribution is 7.91. The summed E-state index contributed by atoms with van der Waals surface area (Å²) in [6.07, 6.45) is 1.05. The minimum absolute atomic E-state index is 0.00961. The number of sulfonamides is 1. The third kappa shape index (κ3) is 5.69. The van der Waals surface area contributed by atoms with Crippen LogP contribution in [-0.4, -0.2) is 96.5 Å². The van der Waals surface area contributed by atoms with Gasteiger partial charge in [0.1, 0.15) is 0 Å². The van der Waals surface area contributed by atoms with E-state index in [9.17, 15) is 16.8 Å².